The monoisotopic (exact) mass is 432 g/mol. The number of para-hydroxylation sites is 1. The molecule has 0 atom stereocenters. The van der Waals surface area contributed by atoms with Crippen LogP contribution in [0.5, 0.6) is 0 Å². The Kier molecular flexibility index (Phi) is 5.35. The number of hydrogen-bond donors (Lipinski definition) is 0. The molecule has 0 N–H and O–H groups in total. The predicted molar refractivity (Wildman–Crippen MR) is 122 cm³/mol. The molecule has 2 aromatic carbocycles. The average Bonchev–Trinajstić information content (AvgIpc) is 2.80. The molecule has 2 aliphatic heterocycles. The van der Waals surface area contributed by atoms with Crippen LogP contribution in [0.25, 0.3) is 11.3 Å². The molecule has 5 rings (SSSR count). The SMILES string of the molecule is Cc1cc(F)ccc1-c1nc(N2CCOCC2)nc2c1CCC(=O)N2c1ccccc1C. The lowest BCUT2D eigenvalue weighted by molar-refractivity contribution is -0.118. The van der Waals surface area contributed by atoms with E-state index in [1.165, 1.54) is 12.1 Å². The van der Waals surface area contributed by atoms with Gasteiger partial charge in [-0.3, -0.25) is 9.69 Å². The van der Waals surface area contributed by atoms with Gasteiger partial charge in [-0.15, -0.1) is 0 Å². The number of hydrogen-bond acceptors (Lipinski definition) is 5. The zero-order chi connectivity index (χ0) is 22.2. The third-order valence-electron chi connectivity index (χ3n) is 6.12. The molecule has 2 aliphatic rings. The molecule has 0 radical (unpaired) electrons. The van der Waals surface area contributed by atoms with E-state index in [9.17, 15) is 9.18 Å². The summed E-state index contributed by atoms with van der Waals surface area (Å²) in [6.45, 7) is 6.44. The number of aromatic nitrogens is 2. The maximum absolute atomic E-state index is 13.8. The minimum Gasteiger partial charge on any atom is -0.378 e. The number of aryl methyl sites for hydroxylation is 2. The molecule has 32 heavy (non-hydrogen) atoms. The number of ether oxygens (including phenoxy) is 1. The number of fused-ring (bicyclic) bond motifs is 1. The highest BCUT2D eigenvalue weighted by Crippen LogP contribution is 2.40. The Labute approximate surface area is 186 Å². The Bertz CT molecular complexity index is 1190. The summed E-state index contributed by atoms with van der Waals surface area (Å²) in [5.41, 5.74) is 5.17. The van der Waals surface area contributed by atoms with Crippen LogP contribution in [0.15, 0.2) is 42.5 Å². The van der Waals surface area contributed by atoms with Gasteiger partial charge in [0, 0.05) is 30.6 Å². The van der Waals surface area contributed by atoms with E-state index in [-0.39, 0.29) is 11.7 Å². The van der Waals surface area contributed by atoms with Crippen molar-refractivity contribution in [3.8, 4) is 11.3 Å². The van der Waals surface area contributed by atoms with Crippen LogP contribution in [0.3, 0.4) is 0 Å². The first-order valence-corrected chi connectivity index (χ1v) is 10.9. The van der Waals surface area contributed by atoms with Crippen LogP contribution in [-0.4, -0.2) is 42.2 Å². The third kappa shape index (κ3) is 3.62. The van der Waals surface area contributed by atoms with Gasteiger partial charge in [0.05, 0.1) is 24.6 Å². The van der Waals surface area contributed by atoms with Crippen LogP contribution in [0.4, 0.5) is 21.8 Å². The lowest BCUT2D eigenvalue weighted by atomic mass is 9.95. The first-order valence-electron chi connectivity index (χ1n) is 10.9. The average molecular weight is 432 g/mol. The second kappa shape index (κ2) is 8.31. The summed E-state index contributed by atoms with van der Waals surface area (Å²) in [4.78, 5) is 26.8. The predicted octanol–water partition coefficient (Wildman–Crippen LogP) is 4.35. The molecule has 164 valence electrons. The molecule has 6 nitrogen and oxygen atoms in total. The van der Waals surface area contributed by atoms with Crippen molar-refractivity contribution in [2.24, 2.45) is 0 Å². The van der Waals surface area contributed by atoms with Crippen molar-refractivity contribution in [2.75, 3.05) is 36.1 Å². The summed E-state index contributed by atoms with van der Waals surface area (Å²) >= 11 is 0. The van der Waals surface area contributed by atoms with Gasteiger partial charge in [0.1, 0.15) is 11.6 Å². The lowest BCUT2D eigenvalue weighted by Crippen LogP contribution is -2.39. The molecule has 7 heteroatoms. The molecular formula is C25H25FN4O2. The van der Waals surface area contributed by atoms with Gasteiger partial charge in [0.25, 0.3) is 0 Å². The highest BCUT2D eigenvalue weighted by molar-refractivity contribution is 6.03. The molecule has 0 unspecified atom stereocenters. The van der Waals surface area contributed by atoms with E-state index < -0.39 is 0 Å². The normalized spacial score (nSPS) is 16.3. The summed E-state index contributed by atoms with van der Waals surface area (Å²) < 4.78 is 19.3. The van der Waals surface area contributed by atoms with Gasteiger partial charge in [0.15, 0.2) is 0 Å². The maximum Gasteiger partial charge on any atom is 0.233 e. The molecule has 0 saturated carbocycles. The highest BCUT2D eigenvalue weighted by atomic mass is 19.1. The molecular weight excluding hydrogens is 407 g/mol. The van der Waals surface area contributed by atoms with Crippen molar-refractivity contribution in [3.63, 3.8) is 0 Å². The third-order valence-corrected chi connectivity index (χ3v) is 6.12. The Morgan fingerprint density at radius 1 is 0.969 bits per heavy atom. The van der Waals surface area contributed by atoms with Crippen molar-refractivity contribution in [1.82, 2.24) is 9.97 Å². The number of anilines is 3. The fourth-order valence-corrected chi connectivity index (χ4v) is 4.42. The Morgan fingerprint density at radius 3 is 2.50 bits per heavy atom. The van der Waals surface area contributed by atoms with Crippen LogP contribution in [-0.2, 0) is 16.0 Å². The zero-order valence-electron chi connectivity index (χ0n) is 18.3. The molecule has 3 heterocycles. The van der Waals surface area contributed by atoms with Gasteiger partial charge in [-0.25, -0.2) is 9.37 Å². The quantitative estimate of drug-likeness (QED) is 0.616. The van der Waals surface area contributed by atoms with Crippen LogP contribution in [0.1, 0.15) is 23.1 Å². The van der Waals surface area contributed by atoms with Crippen LogP contribution in [0.2, 0.25) is 0 Å². The maximum atomic E-state index is 13.8. The summed E-state index contributed by atoms with van der Waals surface area (Å²) in [5.74, 6) is 0.921. The van der Waals surface area contributed by atoms with Crippen molar-refractivity contribution in [2.45, 2.75) is 26.7 Å². The number of carbonyl (C=O) groups excluding carboxylic acids is 1. The number of rotatable bonds is 3. The minimum atomic E-state index is -0.278. The van der Waals surface area contributed by atoms with Crippen molar-refractivity contribution in [1.29, 1.82) is 0 Å². The van der Waals surface area contributed by atoms with Gasteiger partial charge >= 0.3 is 0 Å². The molecule has 1 fully saturated rings. The van der Waals surface area contributed by atoms with Crippen LogP contribution < -0.4 is 9.80 Å². The molecule has 1 saturated heterocycles. The van der Waals surface area contributed by atoms with E-state index >= 15 is 0 Å². The largest absolute Gasteiger partial charge is 0.378 e. The van der Waals surface area contributed by atoms with E-state index in [0.29, 0.717) is 50.9 Å². The van der Waals surface area contributed by atoms with Crippen molar-refractivity contribution in [3.05, 3.63) is 65.0 Å². The first-order chi connectivity index (χ1) is 15.5. The fourth-order valence-electron chi connectivity index (χ4n) is 4.42. The number of carbonyl (C=O) groups is 1. The van der Waals surface area contributed by atoms with Gasteiger partial charge < -0.3 is 9.64 Å². The topological polar surface area (TPSA) is 58.6 Å². The fraction of sp³-hybridized carbons (Fsp3) is 0.320. The summed E-state index contributed by atoms with van der Waals surface area (Å²) in [6, 6.07) is 12.6. The number of morpholine rings is 1. The molecule has 0 aliphatic carbocycles. The van der Waals surface area contributed by atoms with Crippen molar-refractivity contribution < 1.29 is 13.9 Å². The van der Waals surface area contributed by atoms with Crippen molar-refractivity contribution >= 4 is 23.4 Å². The van der Waals surface area contributed by atoms with E-state index in [0.717, 1.165) is 33.6 Å². The van der Waals surface area contributed by atoms with E-state index in [1.807, 2.05) is 38.1 Å². The van der Waals surface area contributed by atoms with Gasteiger partial charge in [-0.05, 0) is 55.7 Å². The number of halogens is 1. The highest BCUT2D eigenvalue weighted by Gasteiger charge is 2.32. The second-order valence-corrected chi connectivity index (χ2v) is 8.25. The van der Waals surface area contributed by atoms with Gasteiger partial charge in [-0.1, -0.05) is 18.2 Å². The standard InChI is InChI=1S/C25H25FN4O2/c1-16-5-3-4-6-21(16)30-22(31)10-9-20-23(19-8-7-18(26)15-17(19)2)27-25(28-24(20)30)29-11-13-32-14-12-29/h3-8,15H,9-14H2,1-2H3. The molecule has 0 spiro atoms. The summed E-state index contributed by atoms with van der Waals surface area (Å²) in [5, 5.41) is 0. The van der Waals surface area contributed by atoms with Gasteiger partial charge in [0.2, 0.25) is 11.9 Å². The number of nitrogens with zero attached hydrogens (tertiary/aromatic N) is 4. The zero-order valence-corrected chi connectivity index (χ0v) is 18.3. The smallest absolute Gasteiger partial charge is 0.233 e. The Hall–Kier alpha value is -3.32. The van der Waals surface area contributed by atoms with E-state index in [1.54, 1.807) is 11.0 Å². The molecule has 1 amide bonds. The van der Waals surface area contributed by atoms with Crippen LogP contribution in [0, 0.1) is 19.7 Å². The molecule has 1 aromatic heterocycles. The number of amides is 1. The molecule has 0 bridgehead atoms. The second-order valence-electron chi connectivity index (χ2n) is 8.25. The molecule has 3 aromatic rings. The Balaban J connectivity index is 1.75. The number of benzene rings is 2. The minimum absolute atomic E-state index is 0.0141. The van der Waals surface area contributed by atoms with E-state index in [4.69, 9.17) is 14.7 Å². The summed E-state index contributed by atoms with van der Waals surface area (Å²) in [7, 11) is 0. The van der Waals surface area contributed by atoms with Crippen LogP contribution >= 0.6 is 0 Å². The first kappa shape index (κ1) is 20.6. The van der Waals surface area contributed by atoms with Gasteiger partial charge in [-0.2, -0.15) is 4.98 Å². The summed E-state index contributed by atoms with van der Waals surface area (Å²) in [6.07, 6.45) is 0.918. The van der Waals surface area contributed by atoms with E-state index in [2.05, 4.69) is 4.90 Å². The Morgan fingerprint density at radius 2 is 1.75 bits per heavy atom. The lowest BCUT2D eigenvalue weighted by Gasteiger charge is -2.33.